The second-order valence-corrected chi connectivity index (χ2v) is 13.6. The van der Waals surface area contributed by atoms with Gasteiger partial charge >= 0.3 is 11.9 Å². The number of hydrogen-bond acceptors (Lipinski definition) is 6. The summed E-state index contributed by atoms with van der Waals surface area (Å²) in [6, 6.07) is 0. The van der Waals surface area contributed by atoms with Crippen LogP contribution < -0.4 is 5.73 Å². The smallest absolute Gasteiger partial charge is 0.306 e. The Morgan fingerprint density at radius 3 is 1.53 bits per heavy atom. The fourth-order valence-electron chi connectivity index (χ4n) is 6.33. The van der Waals surface area contributed by atoms with Crippen LogP contribution in [0.5, 0.6) is 0 Å². The highest BCUT2D eigenvalue weighted by molar-refractivity contribution is 5.69. The number of nitrogens with zero attached hydrogens (tertiary/aromatic N) is 1. The first-order valence-electron chi connectivity index (χ1n) is 19.8. The number of nitrogens with two attached hydrogens (primary N) is 1. The fourth-order valence-corrected chi connectivity index (χ4v) is 6.33. The van der Waals surface area contributed by atoms with Crippen molar-refractivity contribution in [3.8, 4) is 0 Å². The highest BCUT2D eigenvalue weighted by atomic mass is 16.5. The summed E-state index contributed by atoms with van der Waals surface area (Å²) in [4.78, 5) is 27.1. The lowest BCUT2D eigenvalue weighted by Crippen LogP contribution is -2.28. The van der Waals surface area contributed by atoms with Crippen LogP contribution in [0.1, 0.15) is 195 Å². The lowest BCUT2D eigenvalue weighted by molar-refractivity contribution is -0.150. The van der Waals surface area contributed by atoms with Gasteiger partial charge in [-0.1, -0.05) is 118 Å². The minimum atomic E-state index is -0.0149. The van der Waals surface area contributed by atoms with Gasteiger partial charge < -0.3 is 20.1 Å². The van der Waals surface area contributed by atoms with E-state index in [1.807, 2.05) is 0 Å². The molecule has 0 aromatic rings. The van der Waals surface area contributed by atoms with Gasteiger partial charge in [0, 0.05) is 12.8 Å². The van der Waals surface area contributed by atoms with Gasteiger partial charge in [0.1, 0.15) is 6.10 Å². The number of carbonyl (C=O) groups is 2. The Balaban J connectivity index is 3.96. The Morgan fingerprint density at radius 2 is 1.02 bits per heavy atom. The summed E-state index contributed by atoms with van der Waals surface area (Å²) >= 11 is 0. The SMILES string of the molecule is CCCCCC(CCCCC)OC(=O)CCCCCCCN(CCCN)CCCCCCCC(=O)OCCC(CCC)CCC. The van der Waals surface area contributed by atoms with Crippen molar-refractivity contribution >= 4 is 11.9 Å². The molecule has 45 heavy (non-hydrogen) atoms. The summed E-state index contributed by atoms with van der Waals surface area (Å²) in [5, 5.41) is 0. The number of carbonyl (C=O) groups excluding carboxylic acids is 2. The molecule has 0 rings (SSSR count). The zero-order chi connectivity index (χ0) is 33.2. The molecule has 6 nitrogen and oxygen atoms in total. The molecule has 0 saturated carbocycles. The molecule has 0 fully saturated rings. The minimum Gasteiger partial charge on any atom is -0.466 e. The summed E-state index contributed by atoms with van der Waals surface area (Å²) < 4.78 is 11.4. The van der Waals surface area contributed by atoms with Crippen molar-refractivity contribution in [3.05, 3.63) is 0 Å². The van der Waals surface area contributed by atoms with Gasteiger partial charge in [-0.25, -0.2) is 0 Å². The molecule has 0 saturated heterocycles. The van der Waals surface area contributed by atoms with Crippen LogP contribution in [0.2, 0.25) is 0 Å². The molecule has 0 heterocycles. The second kappa shape index (κ2) is 34.2. The predicted octanol–water partition coefficient (Wildman–Crippen LogP) is 10.5. The van der Waals surface area contributed by atoms with Gasteiger partial charge in [-0.2, -0.15) is 0 Å². The molecule has 0 amide bonds. The van der Waals surface area contributed by atoms with Crippen molar-refractivity contribution < 1.29 is 19.1 Å². The molecule has 0 aromatic heterocycles. The molecule has 0 aromatic carbocycles. The molecule has 0 spiro atoms. The van der Waals surface area contributed by atoms with E-state index in [1.165, 1.54) is 103 Å². The van der Waals surface area contributed by atoms with Crippen LogP contribution in [0.4, 0.5) is 0 Å². The lowest BCUT2D eigenvalue weighted by atomic mass is 9.95. The number of rotatable bonds is 35. The average Bonchev–Trinajstić information content (AvgIpc) is 3.02. The van der Waals surface area contributed by atoms with E-state index >= 15 is 0 Å². The van der Waals surface area contributed by atoms with Gasteiger partial charge in [0.05, 0.1) is 6.61 Å². The molecule has 0 radical (unpaired) electrons. The second-order valence-electron chi connectivity index (χ2n) is 13.6. The van der Waals surface area contributed by atoms with E-state index in [1.54, 1.807) is 0 Å². The van der Waals surface area contributed by atoms with E-state index in [4.69, 9.17) is 15.2 Å². The topological polar surface area (TPSA) is 81.9 Å². The molecule has 0 aliphatic heterocycles. The predicted molar refractivity (Wildman–Crippen MR) is 193 cm³/mol. The third-order valence-electron chi connectivity index (χ3n) is 9.13. The van der Waals surface area contributed by atoms with Crippen LogP contribution >= 0.6 is 0 Å². The summed E-state index contributed by atoms with van der Waals surface area (Å²) in [6.07, 6.45) is 28.9. The third-order valence-corrected chi connectivity index (χ3v) is 9.13. The van der Waals surface area contributed by atoms with Crippen molar-refractivity contribution in [2.24, 2.45) is 11.7 Å². The van der Waals surface area contributed by atoms with E-state index in [9.17, 15) is 9.59 Å². The van der Waals surface area contributed by atoms with E-state index in [-0.39, 0.29) is 18.0 Å². The van der Waals surface area contributed by atoms with Crippen LogP contribution in [-0.4, -0.2) is 55.7 Å². The Labute approximate surface area is 280 Å². The Hall–Kier alpha value is -1.14. The van der Waals surface area contributed by atoms with Gasteiger partial charge in [-0.15, -0.1) is 0 Å². The van der Waals surface area contributed by atoms with Gasteiger partial charge in [0.25, 0.3) is 0 Å². The van der Waals surface area contributed by atoms with Crippen molar-refractivity contribution in [1.82, 2.24) is 4.90 Å². The maximum atomic E-state index is 12.4. The molecule has 0 aliphatic rings. The van der Waals surface area contributed by atoms with Gasteiger partial charge in [-0.05, 0) is 96.3 Å². The molecule has 268 valence electrons. The molecular weight excluding hydrogens is 560 g/mol. The van der Waals surface area contributed by atoms with Crippen LogP contribution in [0.3, 0.4) is 0 Å². The van der Waals surface area contributed by atoms with E-state index in [2.05, 4.69) is 32.6 Å². The number of hydrogen-bond donors (Lipinski definition) is 1. The molecule has 0 bridgehead atoms. The Kier molecular flexibility index (Phi) is 33.3. The monoisotopic (exact) mass is 639 g/mol. The number of ether oxygens (including phenoxy) is 2. The van der Waals surface area contributed by atoms with Gasteiger partial charge in [0.2, 0.25) is 0 Å². The number of esters is 2. The average molecular weight is 639 g/mol. The van der Waals surface area contributed by atoms with E-state index < -0.39 is 0 Å². The molecule has 6 heteroatoms. The molecule has 0 atom stereocenters. The molecule has 0 aliphatic carbocycles. The van der Waals surface area contributed by atoms with Gasteiger partial charge in [0.15, 0.2) is 0 Å². The quantitative estimate of drug-likeness (QED) is 0.0549. The molecular formula is C39H78N2O4. The third kappa shape index (κ3) is 30.0. The normalized spacial score (nSPS) is 11.6. The first-order chi connectivity index (χ1) is 22.0. The fraction of sp³-hybridized carbons (Fsp3) is 0.949. The highest BCUT2D eigenvalue weighted by Crippen LogP contribution is 2.18. The Morgan fingerprint density at radius 1 is 0.533 bits per heavy atom. The first-order valence-corrected chi connectivity index (χ1v) is 19.8. The van der Waals surface area contributed by atoms with Gasteiger partial charge in [-0.3, -0.25) is 9.59 Å². The summed E-state index contributed by atoms with van der Waals surface area (Å²) in [5.74, 6) is 0.704. The van der Waals surface area contributed by atoms with Crippen LogP contribution in [0.25, 0.3) is 0 Å². The molecule has 0 unspecified atom stereocenters. The minimum absolute atomic E-state index is 0.0131. The van der Waals surface area contributed by atoms with Crippen molar-refractivity contribution in [3.63, 3.8) is 0 Å². The maximum Gasteiger partial charge on any atom is 0.306 e. The highest BCUT2D eigenvalue weighted by Gasteiger charge is 2.14. The van der Waals surface area contributed by atoms with Crippen LogP contribution in [0.15, 0.2) is 0 Å². The summed E-state index contributed by atoms with van der Waals surface area (Å²) in [6.45, 7) is 13.6. The van der Waals surface area contributed by atoms with Crippen LogP contribution in [0, 0.1) is 5.92 Å². The van der Waals surface area contributed by atoms with Crippen molar-refractivity contribution in [2.45, 2.75) is 201 Å². The summed E-state index contributed by atoms with van der Waals surface area (Å²) in [5.41, 5.74) is 5.81. The van der Waals surface area contributed by atoms with Crippen molar-refractivity contribution in [1.29, 1.82) is 0 Å². The zero-order valence-electron chi connectivity index (χ0n) is 30.7. The van der Waals surface area contributed by atoms with Crippen LogP contribution in [-0.2, 0) is 19.1 Å². The largest absolute Gasteiger partial charge is 0.466 e. The van der Waals surface area contributed by atoms with E-state index in [0.717, 1.165) is 77.5 Å². The molecule has 2 N–H and O–H groups in total. The zero-order valence-corrected chi connectivity index (χ0v) is 30.7. The Bertz CT molecular complexity index is 629. The summed E-state index contributed by atoms with van der Waals surface area (Å²) in [7, 11) is 0. The van der Waals surface area contributed by atoms with E-state index in [0.29, 0.717) is 25.4 Å². The lowest BCUT2D eigenvalue weighted by Gasteiger charge is -2.22. The number of unbranched alkanes of at least 4 members (excludes halogenated alkanes) is 12. The maximum absolute atomic E-state index is 12.4. The first kappa shape index (κ1) is 43.9. The standard InChI is InChI=1S/C39H78N2O4/c1-5-9-17-26-37(27-18-10-6-2)45-39(43)29-20-14-12-16-22-33-41(34-23-31-40)32-21-15-11-13-19-28-38(42)44-35-30-36(24-7-3)25-8-4/h36-37H,5-35,40H2,1-4H3. The van der Waals surface area contributed by atoms with Crippen molar-refractivity contribution in [2.75, 3.05) is 32.8 Å².